The number of carbonyl (C=O) groups excluding carboxylic acids is 1. The summed E-state index contributed by atoms with van der Waals surface area (Å²) in [5.74, 6) is -0.183. The average Bonchev–Trinajstić information content (AvgIpc) is 2.17. The topological polar surface area (TPSA) is 92.4 Å². The highest BCUT2D eigenvalue weighted by Gasteiger charge is 2.51. The van der Waals surface area contributed by atoms with E-state index in [1.165, 1.54) is 0 Å². The Kier molecular flexibility index (Phi) is 1.64. The molecule has 5 nitrogen and oxygen atoms in total. The Morgan fingerprint density at radius 3 is 2.12 bits per heavy atom. The molecule has 0 aromatic heterocycles. The minimum absolute atomic E-state index is 0. The number of hydrogen-bond acceptors (Lipinski definition) is 3. The molecule has 1 unspecified atom stereocenters. The third kappa shape index (κ3) is 1.00. The molecule has 4 N–H and O–H groups in total. The summed E-state index contributed by atoms with van der Waals surface area (Å²) in [7, 11) is 0. The van der Waals surface area contributed by atoms with E-state index in [1.807, 2.05) is 0 Å². The first-order valence-corrected chi connectivity index (χ1v) is 1.90. The maximum Gasteiger partial charge on any atom is 0.321 e. The van der Waals surface area contributed by atoms with Crippen molar-refractivity contribution in [2.75, 3.05) is 0 Å². The second kappa shape index (κ2) is 1.87. The first-order valence-electron chi connectivity index (χ1n) is 1.90. The Bertz CT molecular complexity index is 132. The van der Waals surface area contributed by atoms with E-state index < -0.39 is 6.04 Å². The maximum atomic E-state index is 9.93. The van der Waals surface area contributed by atoms with Crippen LogP contribution in [0.15, 0.2) is 0 Å². The Morgan fingerprint density at radius 1 is 1.75 bits per heavy atom. The van der Waals surface area contributed by atoms with Crippen LogP contribution in [0.25, 0.3) is 0 Å². The van der Waals surface area contributed by atoms with Gasteiger partial charge in [-0.2, -0.15) is 0 Å². The van der Waals surface area contributed by atoms with E-state index in [9.17, 15) is 9.70 Å². The first kappa shape index (κ1) is 7.03. The fourth-order valence-corrected chi connectivity index (χ4v) is 0.333. The van der Waals surface area contributed by atoms with Gasteiger partial charge in [-0.05, 0) is 0 Å². The van der Waals surface area contributed by atoms with E-state index in [0.29, 0.717) is 0 Å². The summed E-state index contributed by atoms with van der Waals surface area (Å²) in [5, 5.41) is 7.92. The van der Waals surface area contributed by atoms with Gasteiger partial charge in [-0.15, -0.1) is 0 Å². The Balaban J connectivity index is 0.000000490. The molecular formula is C3H7N2O3+. The quantitative estimate of drug-likeness (QED) is 0.461. The number of rotatable bonds is 1. The predicted octanol–water partition coefficient (Wildman–Crippen LogP) is -0.342. The number of nitrogens with zero attached hydrogens (tertiary/aromatic N) is 1. The normalized spacial score (nSPS) is 24.0. The van der Waals surface area contributed by atoms with Gasteiger partial charge < -0.3 is 6.15 Å². The molecule has 1 rings (SSSR count). The highest BCUT2D eigenvalue weighted by atomic mass is 16.6. The third-order valence-corrected chi connectivity index (χ3v) is 0.873. The Labute approximate surface area is 45.4 Å². The van der Waals surface area contributed by atoms with Gasteiger partial charge in [0, 0.05) is 0 Å². The lowest BCUT2D eigenvalue weighted by Gasteiger charge is -1.63. The van der Waals surface area contributed by atoms with E-state index in [-0.39, 0.29) is 23.3 Å². The molecule has 5 heteroatoms. The summed E-state index contributed by atoms with van der Waals surface area (Å²) in [5.41, 5.74) is 0. The maximum absolute atomic E-state index is 9.93. The third-order valence-electron chi connectivity index (χ3n) is 0.873. The molecule has 0 amide bonds. The van der Waals surface area contributed by atoms with Gasteiger partial charge in [0.05, 0.1) is 11.3 Å². The average molecular weight is 119 g/mol. The van der Waals surface area contributed by atoms with Crippen LogP contribution in [0.2, 0.25) is 0 Å². The van der Waals surface area contributed by atoms with Crippen LogP contribution in [0.1, 0.15) is 6.42 Å². The van der Waals surface area contributed by atoms with Crippen molar-refractivity contribution >= 4 is 5.78 Å². The lowest BCUT2D eigenvalue weighted by atomic mass is 10.8. The van der Waals surface area contributed by atoms with E-state index >= 15 is 0 Å². The predicted molar refractivity (Wildman–Crippen MR) is 23.8 cm³/mol. The molecule has 1 fully saturated rings. The summed E-state index contributed by atoms with van der Waals surface area (Å²) >= 11 is 0. The van der Waals surface area contributed by atoms with Gasteiger partial charge in [0.2, 0.25) is 10.7 Å². The second-order valence-corrected chi connectivity index (χ2v) is 1.49. The van der Waals surface area contributed by atoms with Crippen molar-refractivity contribution in [3.8, 4) is 0 Å². The van der Waals surface area contributed by atoms with Crippen LogP contribution >= 0.6 is 0 Å². The standard InChI is InChI=1S/C3H4NO3.H3N/c5-3-1-2(3)4(6)7;/h2H,1H2,(H,6,7);1H3/q+1;. The van der Waals surface area contributed by atoms with Crippen molar-refractivity contribution in [1.82, 2.24) is 6.15 Å². The van der Waals surface area contributed by atoms with Gasteiger partial charge in [-0.3, -0.25) is 4.79 Å². The highest BCUT2D eigenvalue weighted by Crippen LogP contribution is 2.15. The van der Waals surface area contributed by atoms with Gasteiger partial charge in [0.25, 0.3) is 0 Å². The number of carbonyl (C=O) groups is 1. The van der Waals surface area contributed by atoms with E-state index in [2.05, 4.69) is 0 Å². The van der Waals surface area contributed by atoms with E-state index in [4.69, 9.17) is 5.21 Å². The van der Waals surface area contributed by atoms with Crippen LogP contribution in [-0.2, 0) is 4.79 Å². The highest BCUT2D eigenvalue weighted by molar-refractivity contribution is 5.98. The molecule has 0 spiro atoms. The van der Waals surface area contributed by atoms with Gasteiger partial charge in [-0.25, -0.2) is 5.21 Å². The van der Waals surface area contributed by atoms with Gasteiger partial charge >= 0.3 is 6.04 Å². The molecule has 0 aromatic carbocycles. The van der Waals surface area contributed by atoms with Crippen molar-refractivity contribution in [2.45, 2.75) is 12.5 Å². The minimum Gasteiger partial charge on any atom is -0.344 e. The van der Waals surface area contributed by atoms with Crippen molar-refractivity contribution in [3.63, 3.8) is 0 Å². The zero-order valence-electron chi connectivity index (χ0n) is 4.20. The SMILES string of the molecule is N.O=C1CC1[N+](=O)O. The van der Waals surface area contributed by atoms with Crippen molar-refractivity contribution in [3.05, 3.63) is 4.91 Å². The summed E-state index contributed by atoms with van der Waals surface area (Å²) < 4.78 is 0. The monoisotopic (exact) mass is 119 g/mol. The molecule has 0 heterocycles. The summed E-state index contributed by atoms with van der Waals surface area (Å²) in [6, 6.07) is -0.736. The lowest BCUT2D eigenvalue weighted by Crippen LogP contribution is -2.05. The molecule has 1 aliphatic carbocycles. The molecule has 0 bridgehead atoms. The number of Topliss-reactive ketones (excluding diaryl/α,β-unsaturated/α-hetero) is 1. The molecule has 0 aliphatic heterocycles. The fourth-order valence-electron chi connectivity index (χ4n) is 0.333. The van der Waals surface area contributed by atoms with Gasteiger partial charge in [-0.1, -0.05) is 0 Å². The number of hydrogen-bond donors (Lipinski definition) is 2. The van der Waals surface area contributed by atoms with Crippen LogP contribution < -0.4 is 6.15 Å². The summed E-state index contributed by atoms with van der Waals surface area (Å²) in [6.45, 7) is 0. The fraction of sp³-hybridized carbons (Fsp3) is 0.667. The molecule has 8 heavy (non-hydrogen) atoms. The molecule has 0 aromatic rings. The smallest absolute Gasteiger partial charge is 0.321 e. The molecule has 46 valence electrons. The largest absolute Gasteiger partial charge is 0.344 e. The Morgan fingerprint density at radius 2 is 2.12 bits per heavy atom. The van der Waals surface area contributed by atoms with Gasteiger partial charge in [0.15, 0.2) is 0 Å². The van der Waals surface area contributed by atoms with Crippen molar-refractivity contribution < 1.29 is 14.9 Å². The van der Waals surface area contributed by atoms with Crippen molar-refractivity contribution in [2.24, 2.45) is 0 Å². The first-order chi connectivity index (χ1) is 3.22. The van der Waals surface area contributed by atoms with Crippen LogP contribution in [-0.4, -0.2) is 22.0 Å². The van der Waals surface area contributed by atoms with Gasteiger partial charge in [0.1, 0.15) is 0 Å². The van der Waals surface area contributed by atoms with Crippen molar-refractivity contribution in [1.29, 1.82) is 0 Å². The minimum atomic E-state index is -0.736. The Hall–Kier alpha value is -0.970. The molecule has 1 aliphatic rings. The molecule has 1 saturated carbocycles. The lowest BCUT2D eigenvalue weighted by molar-refractivity contribution is -0.796. The summed E-state index contributed by atoms with van der Waals surface area (Å²) in [4.78, 5) is 19.3. The number of ketones is 1. The molecular weight excluding hydrogens is 112 g/mol. The molecule has 1 atom stereocenters. The van der Waals surface area contributed by atoms with E-state index in [0.717, 1.165) is 0 Å². The van der Waals surface area contributed by atoms with Crippen LogP contribution in [0, 0.1) is 4.91 Å². The second-order valence-electron chi connectivity index (χ2n) is 1.49. The zero-order valence-corrected chi connectivity index (χ0v) is 4.20. The molecule has 0 radical (unpaired) electrons. The van der Waals surface area contributed by atoms with Crippen LogP contribution in [0.3, 0.4) is 0 Å². The van der Waals surface area contributed by atoms with Crippen LogP contribution in [0.4, 0.5) is 0 Å². The summed E-state index contributed by atoms with van der Waals surface area (Å²) in [6.07, 6.45) is 0.208. The van der Waals surface area contributed by atoms with E-state index in [1.54, 1.807) is 0 Å². The zero-order chi connectivity index (χ0) is 5.44. The molecule has 0 saturated heterocycles. The van der Waals surface area contributed by atoms with Crippen LogP contribution in [0.5, 0.6) is 0 Å².